The topological polar surface area (TPSA) is 33.2 Å². The normalized spacial score (nSPS) is 31.4. The van der Waals surface area contributed by atoms with E-state index in [-0.39, 0.29) is 5.91 Å². The first kappa shape index (κ1) is 17.2. The molecular formula is C24H30N2O. The van der Waals surface area contributed by atoms with Crippen molar-refractivity contribution < 1.29 is 4.79 Å². The fraction of sp³-hybridized carbons (Fsp3) is 0.583. The first-order chi connectivity index (χ1) is 13.0. The molecule has 4 aliphatic carbocycles. The van der Waals surface area contributed by atoms with E-state index in [1.54, 1.807) is 0 Å². The van der Waals surface area contributed by atoms with E-state index in [2.05, 4.69) is 37.1 Å². The lowest BCUT2D eigenvalue weighted by molar-refractivity contribution is -0.140. The summed E-state index contributed by atoms with van der Waals surface area (Å²) in [5.41, 5.74) is 4.36. The molecule has 1 amide bonds. The van der Waals surface area contributed by atoms with Gasteiger partial charge in [-0.15, -0.1) is 0 Å². The van der Waals surface area contributed by atoms with Gasteiger partial charge in [0.25, 0.3) is 0 Å². The van der Waals surface area contributed by atoms with Crippen LogP contribution in [0, 0.1) is 37.5 Å². The van der Waals surface area contributed by atoms with Gasteiger partial charge in [-0.05, 0) is 86.8 Å². The second-order valence-corrected chi connectivity index (χ2v) is 9.42. The van der Waals surface area contributed by atoms with E-state index in [0.717, 1.165) is 40.4 Å². The molecular weight excluding hydrogens is 332 g/mol. The number of nitrogens with zero attached hydrogens (tertiary/aromatic N) is 2. The number of para-hydroxylation sites is 1. The predicted molar refractivity (Wildman–Crippen MR) is 109 cm³/mol. The van der Waals surface area contributed by atoms with Crippen molar-refractivity contribution >= 4 is 16.8 Å². The Kier molecular flexibility index (Phi) is 4.03. The zero-order valence-electron chi connectivity index (χ0n) is 16.7. The standard InChI is InChI=1S/C24H30N2O/c1-14-20-6-4-5-7-22(20)25-15(2)21(14)13-23(27)26(3)24-18-9-16-8-17(11-18)12-19(24)10-16/h4-7,16-19,24H,8-13H2,1-3H3. The molecule has 0 spiro atoms. The maximum Gasteiger partial charge on any atom is 0.227 e. The summed E-state index contributed by atoms with van der Waals surface area (Å²) in [7, 11) is 2.06. The number of aryl methyl sites for hydroxylation is 2. The van der Waals surface area contributed by atoms with Crippen molar-refractivity contribution in [2.45, 2.75) is 58.4 Å². The molecule has 3 heteroatoms. The van der Waals surface area contributed by atoms with Gasteiger partial charge in [0.15, 0.2) is 0 Å². The van der Waals surface area contributed by atoms with Gasteiger partial charge in [-0.2, -0.15) is 0 Å². The van der Waals surface area contributed by atoms with E-state index < -0.39 is 0 Å². The molecule has 0 radical (unpaired) electrons. The van der Waals surface area contributed by atoms with E-state index in [1.165, 1.54) is 43.1 Å². The smallest absolute Gasteiger partial charge is 0.227 e. The van der Waals surface area contributed by atoms with Crippen molar-refractivity contribution in [1.82, 2.24) is 9.88 Å². The van der Waals surface area contributed by atoms with Gasteiger partial charge < -0.3 is 4.90 Å². The predicted octanol–water partition coefficient (Wildman–Crippen LogP) is 4.68. The van der Waals surface area contributed by atoms with Gasteiger partial charge in [0.1, 0.15) is 0 Å². The fourth-order valence-corrected chi connectivity index (χ4v) is 6.80. The van der Waals surface area contributed by atoms with Crippen LogP contribution in [0.1, 0.15) is 48.9 Å². The Morgan fingerprint density at radius 3 is 2.33 bits per heavy atom. The number of hydrogen-bond acceptors (Lipinski definition) is 2. The lowest BCUT2D eigenvalue weighted by Crippen LogP contribution is -2.56. The fourth-order valence-electron chi connectivity index (χ4n) is 6.80. The molecule has 142 valence electrons. The number of amides is 1. The molecule has 2 aromatic rings. The highest BCUT2D eigenvalue weighted by molar-refractivity contribution is 5.86. The summed E-state index contributed by atoms with van der Waals surface area (Å²) in [6.45, 7) is 4.19. The van der Waals surface area contributed by atoms with Crippen LogP contribution >= 0.6 is 0 Å². The maximum atomic E-state index is 13.3. The Bertz CT molecular complexity index is 875. The molecule has 0 saturated heterocycles. The van der Waals surface area contributed by atoms with Crippen LogP contribution in [0.5, 0.6) is 0 Å². The molecule has 1 aromatic carbocycles. The SMILES string of the molecule is Cc1nc2ccccc2c(C)c1CC(=O)N(C)C1C2CC3CC(C2)CC1C3. The van der Waals surface area contributed by atoms with E-state index >= 15 is 0 Å². The van der Waals surface area contributed by atoms with Crippen molar-refractivity contribution in [1.29, 1.82) is 0 Å². The van der Waals surface area contributed by atoms with Crippen LogP contribution in [0.2, 0.25) is 0 Å². The van der Waals surface area contributed by atoms with Crippen LogP contribution in [0.3, 0.4) is 0 Å². The van der Waals surface area contributed by atoms with Gasteiger partial charge in [0.05, 0.1) is 11.9 Å². The maximum absolute atomic E-state index is 13.3. The van der Waals surface area contributed by atoms with Crippen molar-refractivity contribution in [3.05, 3.63) is 41.1 Å². The Labute approximate surface area is 162 Å². The number of aromatic nitrogens is 1. The summed E-state index contributed by atoms with van der Waals surface area (Å²) in [4.78, 5) is 20.2. The van der Waals surface area contributed by atoms with E-state index in [1.807, 2.05) is 13.0 Å². The number of benzene rings is 1. The summed E-state index contributed by atoms with van der Waals surface area (Å²) >= 11 is 0. The van der Waals surface area contributed by atoms with Crippen LogP contribution < -0.4 is 0 Å². The molecule has 4 fully saturated rings. The first-order valence-electron chi connectivity index (χ1n) is 10.6. The Hall–Kier alpha value is -1.90. The summed E-state index contributed by atoms with van der Waals surface area (Å²) in [6.07, 6.45) is 7.35. The minimum atomic E-state index is 0.274. The number of hydrogen-bond donors (Lipinski definition) is 0. The molecule has 0 N–H and O–H groups in total. The van der Waals surface area contributed by atoms with E-state index in [0.29, 0.717) is 12.5 Å². The lowest BCUT2D eigenvalue weighted by Gasteiger charge is -2.56. The molecule has 4 aliphatic rings. The summed E-state index contributed by atoms with van der Waals surface area (Å²) in [5.74, 6) is 3.65. The minimum Gasteiger partial charge on any atom is -0.342 e. The zero-order valence-corrected chi connectivity index (χ0v) is 16.7. The number of likely N-dealkylation sites (N-methyl/N-ethyl adjacent to an activating group) is 1. The Morgan fingerprint density at radius 2 is 1.67 bits per heavy atom. The average Bonchev–Trinajstić information content (AvgIpc) is 2.64. The number of fused-ring (bicyclic) bond motifs is 1. The molecule has 4 saturated carbocycles. The monoisotopic (exact) mass is 362 g/mol. The third kappa shape index (κ3) is 2.78. The van der Waals surface area contributed by atoms with Crippen LogP contribution in [0.15, 0.2) is 24.3 Å². The van der Waals surface area contributed by atoms with Gasteiger partial charge in [0.2, 0.25) is 5.91 Å². The molecule has 4 bridgehead atoms. The lowest BCUT2D eigenvalue weighted by atomic mass is 9.54. The highest BCUT2D eigenvalue weighted by Crippen LogP contribution is 2.55. The second-order valence-electron chi connectivity index (χ2n) is 9.42. The molecule has 3 nitrogen and oxygen atoms in total. The Balaban J connectivity index is 1.40. The van der Waals surface area contributed by atoms with Gasteiger partial charge in [-0.3, -0.25) is 9.78 Å². The quantitative estimate of drug-likeness (QED) is 0.794. The molecule has 0 aliphatic heterocycles. The highest BCUT2D eigenvalue weighted by Gasteiger charge is 2.50. The third-order valence-corrected chi connectivity index (χ3v) is 7.83. The van der Waals surface area contributed by atoms with Crippen molar-refractivity contribution in [2.24, 2.45) is 23.7 Å². The first-order valence-corrected chi connectivity index (χ1v) is 10.6. The van der Waals surface area contributed by atoms with Crippen molar-refractivity contribution in [3.63, 3.8) is 0 Å². The summed E-state index contributed by atoms with van der Waals surface area (Å²) in [5, 5.41) is 1.17. The molecule has 1 heterocycles. The summed E-state index contributed by atoms with van der Waals surface area (Å²) in [6, 6.07) is 8.73. The molecule has 0 unspecified atom stereocenters. The van der Waals surface area contributed by atoms with Crippen molar-refractivity contribution in [2.75, 3.05) is 7.05 Å². The zero-order chi connectivity index (χ0) is 18.7. The van der Waals surface area contributed by atoms with Crippen LogP contribution in [0.4, 0.5) is 0 Å². The Morgan fingerprint density at radius 1 is 1.04 bits per heavy atom. The van der Waals surface area contributed by atoms with Gasteiger partial charge in [-0.1, -0.05) is 18.2 Å². The minimum absolute atomic E-state index is 0.274. The molecule has 6 rings (SSSR count). The molecule has 27 heavy (non-hydrogen) atoms. The third-order valence-electron chi connectivity index (χ3n) is 7.83. The average molecular weight is 363 g/mol. The largest absolute Gasteiger partial charge is 0.342 e. The number of rotatable bonds is 3. The molecule has 0 atom stereocenters. The molecule has 1 aromatic heterocycles. The van der Waals surface area contributed by atoms with E-state index in [9.17, 15) is 4.79 Å². The number of carbonyl (C=O) groups is 1. The van der Waals surface area contributed by atoms with Crippen LogP contribution in [-0.4, -0.2) is 28.9 Å². The van der Waals surface area contributed by atoms with Crippen LogP contribution in [-0.2, 0) is 11.2 Å². The van der Waals surface area contributed by atoms with Crippen molar-refractivity contribution in [3.8, 4) is 0 Å². The van der Waals surface area contributed by atoms with E-state index in [4.69, 9.17) is 4.98 Å². The number of carbonyl (C=O) groups excluding carboxylic acids is 1. The van der Waals surface area contributed by atoms with Crippen LogP contribution in [0.25, 0.3) is 10.9 Å². The van der Waals surface area contributed by atoms with Gasteiger partial charge >= 0.3 is 0 Å². The second kappa shape index (κ2) is 6.32. The van der Waals surface area contributed by atoms with Gasteiger partial charge in [0, 0.05) is 24.2 Å². The number of pyridine rings is 1. The van der Waals surface area contributed by atoms with Gasteiger partial charge in [-0.25, -0.2) is 0 Å². The summed E-state index contributed by atoms with van der Waals surface area (Å²) < 4.78 is 0. The highest BCUT2D eigenvalue weighted by atomic mass is 16.2.